The van der Waals surface area contributed by atoms with E-state index in [1.165, 1.54) is 0 Å². The molecule has 0 bridgehead atoms. The summed E-state index contributed by atoms with van der Waals surface area (Å²) in [5.74, 6) is 0.0795. The zero-order valence-corrected chi connectivity index (χ0v) is 25.1. The number of alkyl carbamates (subject to hydrolysis) is 1. The topological polar surface area (TPSA) is 125 Å². The van der Waals surface area contributed by atoms with Gasteiger partial charge in [-0.1, -0.05) is 48.5 Å². The number of rotatable bonds is 11. The zero-order valence-electron chi connectivity index (χ0n) is 24.3. The second-order valence-corrected chi connectivity index (χ2v) is 13.1. The molecule has 2 aliphatic heterocycles. The molecule has 2 N–H and O–H groups in total. The number of carbonyl (C=O) groups excluding carboxylic acids is 3. The number of piperidine rings is 2. The molecule has 0 saturated carbocycles. The summed E-state index contributed by atoms with van der Waals surface area (Å²) in [6, 6.07) is 17.3. The Bertz CT molecular complexity index is 1290. The fourth-order valence-electron chi connectivity index (χ4n) is 5.65. The molecule has 0 aromatic heterocycles. The monoisotopic (exact) mass is 598 g/mol. The smallest absolute Gasteiger partial charge is 0.407 e. The first-order valence-electron chi connectivity index (χ1n) is 14.7. The zero-order chi connectivity index (χ0) is 30.0. The van der Waals surface area contributed by atoms with Gasteiger partial charge in [0, 0.05) is 51.6 Å². The molecule has 228 valence electrons. The van der Waals surface area contributed by atoms with Crippen molar-refractivity contribution >= 4 is 27.9 Å². The van der Waals surface area contributed by atoms with Crippen LogP contribution in [0, 0.1) is 5.41 Å². The van der Waals surface area contributed by atoms with Gasteiger partial charge in [-0.15, -0.1) is 0 Å². The van der Waals surface area contributed by atoms with Crippen molar-refractivity contribution in [2.45, 2.75) is 69.4 Å². The summed E-state index contributed by atoms with van der Waals surface area (Å²) in [6.07, 6.45) is 4.06. The average Bonchev–Trinajstić information content (AvgIpc) is 3.00. The van der Waals surface area contributed by atoms with E-state index in [4.69, 9.17) is 4.74 Å². The van der Waals surface area contributed by atoms with Crippen LogP contribution >= 0.6 is 0 Å². The fraction of sp³-hybridized carbons (Fsp3) is 0.516. The minimum Gasteiger partial charge on any atom is -0.445 e. The van der Waals surface area contributed by atoms with E-state index in [2.05, 4.69) is 10.0 Å². The first-order valence-corrected chi connectivity index (χ1v) is 16.2. The van der Waals surface area contributed by atoms with Gasteiger partial charge in [-0.05, 0) is 62.1 Å². The van der Waals surface area contributed by atoms with E-state index in [1.807, 2.05) is 40.1 Å². The highest BCUT2D eigenvalue weighted by Gasteiger charge is 2.39. The van der Waals surface area contributed by atoms with Crippen molar-refractivity contribution in [2.75, 3.05) is 32.7 Å². The van der Waals surface area contributed by atoms with Crippen molar-refractivity contribution in [2.24, 2.45) is 5.41 Å². The maximum absolute atomic E-state index is 12.9. The molecule has 2 aliphatic rings. The SMILES string of the molecule is CC(CCC(=O)N1CCC2(CCN(C(=O)CCNC(=O)OCc3ccccc3)CC2)CC1)NS(=O)(=O)c1ccccc1. The van der Waals surface area contributed by atoms with E-state index in [0.29, 0.717) is 39.0 Å². The van der Waals surface area contributed by atoms with Crippen LogP contribution in [0.25, 0.3) is 0 Å². The third-order valence-corrected chi connectivity index (χ3v) is 9.98. The number of amides is 3. The normalized spacial score (nSPS) is 17.5. The molecule has 1 spiro atoms. The number of likely N-dealkylation sites (tertiary alicyclic amines) is 2. The van der Waals surface area contributed by atoms with Gasteiger partial charge in [-0.25, -0.2) is 17.9 Å². The summed E-state index contributed by atoms with van der Waals surface area (Å²) in [7, 11) is -3.61. The summed E-state index contributed by atoms with van der Waals surface area (Å²) in [5.41, 5.74) is 1.05. The molecular weight excluding hydrogens is 556 g/mol. The Kier molecular flexibility index (Phi) is 11.0. The van der Waals surface area contributed by atoms with Gasteiger partial charge >= 0.3 is 6.09 Å². The maximum Gasteiger partial charge on any atom is 0.407 e. The fourth-order valence-corrected chi connectivity index (χ4v) is 6.95. The van der Waals surface area contributed by atoms with E-state index in [9.17, 15) is 22.8 Å². The number of nitrogens with one attached hydrogen (secondary N) is 2. The van der Waals surface area contributed by atoms with Crippen LogP contribution in [0.3, 0.4) is 0 Å². The molecule has 4 rings (SSSR count). The molecule has 0 aliphatic carbocycles. The lowest BCUT2D eigenvalue weighted by Crippen LogP contribution is -2.49. The van der Waals surface area contributed by atoms with Crippen molar-refractivity contribution in [3.63, 3.8) is 0 Å². The van der Waals surface area contributed by atoms with Crippen LogP contribution in [0.1, 0.15) is 57.4 Å². The first kappa shape index (κ1) is 31.5. The molecule has 0 radical (unpaired) electrons. The summed E-state index contributed by atoms with van der Waals surface area (Å²) < 4.78 is 32.9. The summed E-state index contributed by atoms with van der Waals surface area (Å²) in [6.45, 7) is 4.94. The van der Waals surface area contributed by atoms with E-state index in [1.54, 1.807) is 37.3 Å². The second-order valence-electron chi connectivity index (χ2n) is 11.4. The van der Waals surface area contributed by atoms with Crippen LogP contribution in [0.4, 0.5) is 4.79 Å². The molecule has 10 nitrogen and oxygen atoms in total. The number of nitrogens with zero attached hydrogens (tertiary/aromatic N) is 2. The molecule has 2 saturated heterocycles. The largest absolute Gasteiger partial charge is 0.445 e. The van der Waals surface area contributed by atoms with E-state index in [-0.39, 0.29) is 47.7 Å². The predicted molar refractivity (Wildman–Crippen MR) is 159 cm³/mol. The standard InChI is InChI=1S/C31H42N4O6S/c1-25(33-42(39,40)27-10-6-3-7-11-27)12-13-28(36)34-20-15-31(16-21-34)17-22-35(23-18-31)29(37)14-19-32-30(38)41-24-26-8-4-2-5-9-26/h2-11,25,33H,12-24H2,1H3,(H,32,38). The maximum atomic E-state index is 12.9. The third kappa shape index (κ3) is 9.03. The van der Waals surface area contributed by atoms with Gasteiger partial charge in [-0.3, -0.25) is 9.59 Å². The van der Waals surface area contributed by atoms with E-state index < -0.39 is 16.1 Å². The van der Waals surface area contributed by atoms with Crippen LogP contribution in [0.15, 0.2) is 65.6 Å². The number of benzene rings is 2. The molecule has 1 unspecified atom stereocenters. The predicted octanol–water partition coefficient (Wildman–Crippen LogP) is 3.68. The number of carbonyl (C=O) groups is 3. The lowest BCUT2D eigenvalue weighted by molar-refractivity contribution is -0.136. The van der Waals surface area contributed by atoms with Gasteiger partial charge in [0.1, 0.15) is 6.61 Å². The molecule has 2 heterocycles. The van der Waals surface area contributed by atoms with Gasteiger partial charge in [0.15, 0.2) is 0 Å². The van der Waals surface area contributed by atoms with Gasteiger partial charge in [0.05, 0.1) is 4.90 Å². The third-order valence-electron chi connectivity index (χ3n) is 8.38. The van der Waals surface area contributed by atoms with Crippen molar-refractivity contribution < 1.29 is 27.5 Å². The van der Waals surface area contributed by atoms with Crippen LogP contribution in [-0.4, -0.2) is 74.9 Å². The summed E-state index contributed by atoms with van der Waals surface area (Å²) in [4.78, 5) is 41.5. The molecule has 3 amide bonds. The van der Waals surface area contributed by atoms with Crippen LogP contribution in [0.2, 0.25) is 0 Å². The minimum absolute atomic E-state index is 0.0258. The van der Waals surface area contributed by atoms with Crippen LogP contribution in [0.5, 0.6) is 0 Å². The highest BCUT2D eigenvalue weighted by Crippen LogP contribution is 2.41. The Morgan fingerprint density at radius 2 is 1.36 bits per heavy atom. The van der Waals surface area contributed by atoms with Gasteiger partial charge in [-0.2, -0.15) is 0 Å². The number of ether oxygens (including phenoxy) is 1. The van der Waals surface area contributed by atoms with E-state index >= 15 is 0 Å². The lowest BCUT2D eigenvalue weighted by atomic mass is 9.71. The van der Waals surface area contributed by atoms with Crippen LogP contribution in [-0.2, 0) is 31.0 Å². The lowest BCUT2D eigenvalue weighted by Gasteiger charge is -2.47. The summed E-state index contributed by atoms with van der Waals surface area (Å²) >= 11 is 0. The van der Waals surface area contributed by atoms with Crippen LogP contribution < -0.4 is 10.0 Å². The van der Waals surface area contributed by atoms with Crippen molar-refractivity contribution in [1.29, 1.82) is 0 Å². The molecule has 2 fully saturated rings. The number of hydrogen-bond donors (Lipinski definition) is 2. The van der Waals surface area contributed by atoms with Crippen molar-refractivity contribution in [3.05, 3.63) is 66.2 Å². The molecule has 2 aromatic carbocycles. The quantitative estimate of drug-likeness (QED) is 0.407. The molecule has 11 heteroatoms. The van der Waals surface area contributed by atoms with Crippen molar-refractivity contribution in [3.8, 4) is 0 Å². The Hall–Kier alpha value is -3.44. The summed E-state index contributed by atoms with van der Waals surface area (Å²) in [5, 5.41) is 2.65. The highest BCUT2D eigenvalue weighted by atomic mass is 32.2. The average molecular weight is 599 g/mol. The van der Waals surface area contributed by atoms with E-state index in [0.717, 1.165) is 31.2 Å². The minimum atomic E-state index is -3.61. The molecule has 42 heavy (non-hydrogen) atoms. The first-order chi connectivity index (χ1) is 20.2. The Balaban J connectivity index is 1.10. The highest BCUT2D eigenvalue weighted by molar-refractivity contribution is 7.89. The Morgan fingerprint density at radius 1 is 0.833 bits per heavy atom. The van der Waals surface area contributed by atoms with Gasteiger partial charge in [0.25, 0.3) is 0 Å². The Morgan fingerprint density at radius 3 is 1.93 bits per heavy atom. The molecule has 1 atom stereocenters. The van der Waals surface area contributed by atoms with Gasteiger partial charge < -0.3 is 19.9 Å². The number of sulfonamides is 1. The van der Waals surface area contributed by atoms with Crippen molar-refractivity contribution in [1.82, 2.24) is 19.8 Å². The Labute approximate surface area is 248 Å². The molecule has 2 aromatic rings. The van der Waals surface area contributed by atoms with Gasteiger partial charge in [0.2, 0.25) is 21.8 Å². The number of hydrogen-bond acceptors (Lipinski definition) is 6. The second kappa shape index (κ2) is 14.6. The molecular formula is C31H42N4O6S.